The normalized spacial score (nSPS) is 30.8. The van der Waals surface area contributed by atoms with Crippen molar-refractivity contribution >= 4 is 16.9 Å². The smallest absolute Gasteiger partial charge is 0.219 e. The highest BCUT2D eigenvalue weighted by atomic mass is 32.2. The van der Waals surface area contributed by atoms with Crippen LogP contribution >= 0.6 is 11.8 Å². The molecule has 0 aromatic carbocycles. The third kappa shape index (κ3) is 1.29. The van der Waals surface area contributed by atoms with Crippen LogP contribution < -0.4 is 0 Å². The van der Waals surface area contributed by atoms with E-state index in [1.54, 1.807) is 6.92 Å². The van der Waals surface area contributed by atoms with Crippen molar-refractivity contribution in [2.75, 3.05) is 0 Å². The molecule has 0 amide bonds. The molecule has 0 bridgehead atoms. The molecular weight excluding hydrogens is 172 g/mol. The SMILES string of the molecule is C/C=C/[C@]1(C)SC(=O)C(C)=C1O. The Morgan fingerprint density at radius 1 is 1.58 bits per heavy atom. The number of thioether (sulfide) groups is 1. The van der Waals surface area contributed by atoms with Gasteiger partial charge in [0.1, 0.15) is 5.76 Å². The Bertz CT molecular complexity index is 278. The molecule has 1 aliphatic rings. The zero-order valence-electron chi connectivity index (χ0n) is 7.42. The van der Waals surface area contributed by atoms with Crippen LogP contribution in [0.1, 0.15) is 20.8 Å². The van der Waals surface area contributed by atoms with Gasteiger partial charge in [-0.3, -0.25) is 4.79 Å². The first kappa shape index (κ1) is 9.39. The van der Waals surface area contributed by atoms with Gasteiger partial charge in [0.15, 0.2) is 0 Å². The van der Waals surface area contributed by atoms with Crippen molar-refractivity contribution in [1.82, 2.24) is 0 Å². The van der Waals surface area contributed by atoms with Crippen LogP contribution in [0.2, 0.25) is 0 Å². The fourth-order valence-corrected chi connectivity index (χ4v) is 2.31. The predicted octanol–water partition coefficient (Wildman–Crippen LogP) is 2.43. The van der Waals surface area contributed by atoms with E-state index in [9.17, 15) is 9.90 Å². The molecule has 0 unspecified atom stereocenters. The summed E-state index contributed by atoms with van der Waals surface area (Å²) in [7, 11) is 0. The molecule has 0 radical (unpaired) electrons. The average molecular weight is 184 g/mol. The van der Waals surface area contributed by atoms with E-state index in [0.717, 1.165) is 11.8 Å². The molecule has 0 spiro atoms. The standard InChI is InChI=1S/C9H12O2S/c1-4-5-9(3)7(10)6(2)8(11)12-9/h4-5,10H,1-3H3/b5-4+/t9-/m0/s1. The van der Waals surface area contributed by atoms with Crippen LogP contribution in [-0.4, -0.2) is 15.0 Å². The second-order valence-corrected chi connectivity index (χ2v) is 4.39. The topological polar surface area (TPSA) is 37.3 Å². The van der Waals surface area contributed by atoms with E-state index in [4.69, 9.17) is 0 Å². The Labute approximate surface area is 76.4 Å². The van der Waals surface area contributed by atoms with Gasteiger partial charge in [-0.15, -0.1) is 0 Å². The first-order chi connectivity index (χ1) is 5.51. The van der Waals surface area contributed by atoms with E-state index in [1.165, 1.54) is 0 Å². The fourth-order valence-electron chi connectivity index (χ4n) is 1.22. The molecule has 0 saturated carbocycles. The van der Waals surface area contributed by atoms with Crippen molar-refractivity contribution in [2.45, 2.75) is 25.5 Å². The zero-order chi connectivity index (χ0) is 9.35. The third-order valence-electron chi connectivity index (χ3n) is 1.92. The highest BCUT2D eigenvalue weighted by Crippen LogP contribution is 2.42. The van der Waals surface area contributed by atoms with Crippen LogP contribution in [0, 0.1) is 0 Å². The summed E-state index contributed by atoms with van der Waals surface area (Å²) in [5.74, 6) is 0.190. The highest BCUT2D eigenvalue weighted by Gasteiger charge is 2.39. The summed E-state index contributed by atoms with van der Waals surface area (Å²) in [4.78, 5) is 11.2. The summed E-state index contributed by atoms with van der Waals surface area (Å²) < 4.78 is -0.532. The summed E-state index contributed by atoms with van der Waals surface area (Å²) in [5.41, 5.74) is 0.473. The molecular formula is C9H12O2S. The number of rotatable bonds is 1. The van der Waals surface area contributed by atoms with Gasteiger partial charge in [0, 0.05) is 5.57 Å². The highest BCUT2D eigenvalue weighted by molar-refractivity contribution is 8.16. The molecule has 1 N–H and O–H groups in total. The van der Waals surface area contributed by atoms with E-state index in [0.29, 0.717) is 5.57 Å². The lowest BCUT2D eigenvalue weighted by atomic mass is 10.1. The molecule has 66 valence electrons. The lowest BCUT2D eigenvalue weighted by Gasteiger charge is -2.16. The Morgan fingerprint density at radius 2 is 2.17 bits per heavy atom. The number of allylic oxidation sites excluding steroid dienone is 1. The molecule has 0 aromatic rings. The minimum Gasteiger partial charge on any atom is -0.510 e. The van der Waals surface area contributed by atoms with Crippen molar-refractivity contribution < 1.29 is 9.90 Å². The largest absolute Gasteiger partial charge is 0.510 e. The number of aliphatic hydroxyl groups excluding tert-OH is 1. The van der Waals surface area contributed by atoms with E-state index in [1.807, 2.05) is 26.0 Å². The molecule has 12 heavy (non-hydrogen) atoms. The Morgan fingerprint density at radius 3 is 2.50 bits per heavy atom. The second kappa shape index (κ2) is 2.98. The van der Waals surface area contributed by atoms with Crippen molar-refractivity contribution in [3.63, 3.8) is 0 Å². The molecule has 0 fully saturated rings. The summed E-state index contributed by atoms with van der Waals surface area (Å²) >= 11 is 1.16. The molecule has 1 heterocycles. The van der Waals surface area contributed by atoms with Gasteiger partial charge < -0.3 is 5.11 Å². The molecule has 1 atom stereocenters. The summed E-state index contributed by atoms with van der Waals surface area (Å²) in [5, 5.41) is 9.57. The summed E-state index contributed by atoms with van der Waals surface area (Å²) in [6.07, 6.45) is 3.68. The van der Waals surface area contributed by atoms with Crippen LogP contribution in [0.4, 0.5) is 0 Å². The average Bonchev–Trinajstić information content (AvgIpc) is 2.17. The Kier molecular flexibility index (Phi) is 2.33. The molecule has 0 saturated heterocycles. The second-order valence-electron chi connectivity index (χ2n) is 2.97. The van der Waals surface area contributed by atoms with Gasteiger partial charge in [-0.25, -0.2) is 0 Å². The maximum absolute atomic E-state index is 11.2. The molecule has 1 rings (SSSR count). The monoisotopic (exact) mass is 184 g/mol. The van der Waals surface area contributed by atoms with Crippen molar-refractivity contribution in [3.8, 4) is 0 Å². The number of hydrogen-bond acceptors (Lipinski definition) is 3. The van der Waals surface area contributed by atoms with E-state index in [2.05, 4.69) is 0 Å². The van der Waals surface area contributed by atoms with Crippen LogP contribution in [0.5, 0.6) is 0 Å². The maximum Gasteiger partial charge on any atom is 0.219 e. The van der Waals surface area contributed by atoms with Gasteiger partial charge >= 0.3 is 0 Å². The fraction of sp³-hybridized carbons (Fsp3) is 0.444. The zero-order valence-corrected chi connectivity index (χ0v) is 8.23. The molecule has 0 aromatic heterocycles. The van der Waals surface area contributed by atoms with Gasteiger partial charge in [-0.2, -0.15) is 0 Å². The van der Waals surface area contributed by atoms with Crippen LogP contribution in [0.25, 0.3) is 0 Å². The van der Waals surface area contributed by atoms with E-state index < -0.39 is 4.75 Å². The van der Waals surface area contributed by atoms with Crippen LogP contribution in [0.15, 0.2) is 23.5 Å². The van der Waals surface area contributed by atoms with Gasteiger partial charge in [-0.05, 0) is 20.8 Å². The van der Waals surface area contributed by atoms with Gasteiger partial charge in [0.25, 0.3) is 0 Å². The van der Waals surface area contributed by atoms with E-state index in [-0.39, 0.29) is 10.9 Å². The summed E-state index contributed by atoms with van der Waals surface area (Å²) in [6.45, 7) is 5.36. The van der Waals surface area contributed by atoms with Crippen molar-refractivity contribution in [1.29, 1.82) is 0 Å². The Hall–Kier alpha value is -0.700. The van der Waals surface area contributed by atoms with E-state index >= 15 is 0 Å². The number of hydrogen-bond donors (Lipinski definition) is 1. The predicted molar refractivity (Wildman–Crippen MR) is 51.1 cm³/mol. The number of carbonyl (C=O) groups is 1. The lowest BCUT2D eigenvalue weighted by molar-refractivity contribution is -0.107. The van der Waals surface area contributed by atoms with Crippen LogP contribution in [0.3, 0.4) is 0 Å². The first-order valence-electron chi connectivity index (χ1n) is 3.79. The third-order valence-corrected chi connectivity index (χ3v) is 3.17. The molecule has 0 aliphatic carbocycles. The van der Waals surface area contributed by atoms with Crippen molar-refractivity contribution in [3.05, 3.63) is 23.5 Å². The summed E-state index contributed by atoms with van der Waals surface area (Å²) in [6, 6.07) is 0. The number of carbonyl (C=O) groups excluding carboxylic acids is 1. The Balaban J connectivity index is 3.07. The number of aliphatic hydroxyl groups is 1. The molecule has 2 nitrogen and oxygen atoms in total. The first-order valence-corrected chi connectivity index (χ1v) is 4.60. The van der Waals surface area contributed by atoms with Gasteiger partial charge in [0.05, 0.1) is 4.75 Å². The molecule has 3 heteroatoms. The maximum atomic E-state index is 11.2. The lowest BCUT2D eigenvalue weighted by Crippen LogP contribution is -2.16. The van der Waals surface area contributed by atoms with Crippen LogP contribution in [-0.2, 0) is 4.79 Å². The minimum atomic E-state index is -0.532. The van der Waals surface area contributed by atoms with Gasteiger partial charge in [-0.1, -0.05) is 23.9 Å². The molecule has 1 aliphatic heterocycles. The quantitative estimate of drug-likeness (QED) is 0.636. The minimum absolute atomic E-state index is 0.0342. The van der Waals surface area contributed by atoms with Gasteiger partial charge in [0.2, 0.25) is 5.12 Å². The van der Waals surface area contributed by atoms with Crippen molar-refractivity contribution in [2.24, 2.45) is 0 Å².